The van der Waals surface area contributed by atoms with E-state index in [4.69, 9.17) is 19.4 Å². The summed E-state index contributed by atoms with van der Waals surface area (Å²) in [5.74, 6) is 1.99. The summed E-state index contributed by atoms with van der Waals surface area (Å²) in [7, 11) is 0. The molecule has 1 atom stereocenters. The number of anilines is 2. The zero-order valence-corrected chi connectivity index (χ0v) is 20.2. The van der Waals surface area contributed by atoms with Crippen LogP contribution in [0, 0.1) is 0 Å². The molecule has 7 nitrogen and oxygen atoms in total. The first kappa shape index (κ1) is 23.0. The van der Waals surface area contributed by atoms with Gasteiger partial charge in [-0.25, -0.2) is 9.97 Å². The van der Waals surface area contributed by atoms with E-state index >= 15 is 0 Å². The van der Waals surface area contributed by atoms with E-state index < -0.39 is 0 Å². The van der Waals surface area contributed by atoms with Crippen LogP contribution in [-0.4, -0.2) is 34.5 Å². The molecule has 0 aliphatic carbocycles. The lowest BCUT2D eigenvalue weighted by molar-refractivity contribution is -0.115. The summed E-state index contributed by atoms with van der Waals surface area (Å²) in [6.07, 6.45) is 1.52. The molecule has 0 saturated heterocycles. The summed E-state index contributed by atoms with van der Waals surface area (Å²) in [5.41, 5.74) is 2.78. The molecule has 1 unspecified atom stereocenters. The van der Waals surface area contributed by atoms with E-state index in [1.165, 1.54) is 17.3 Å². The van der Waals surface area contributed by atoms with E-state index in [-0.39, 0.29) is 18.0 Å². The summed E-state index contributed by atoms with van der Waals surface area (Å²) in [4.78, 5) is 22.6. The second-order valence-corrected chi connectivity index (χ2v) is 9.28. The molecule has 0 saturated carbocycles. The zero-order valence-electron chi connectivity index (χ0n) is 19.4. The Morgan fingerprint density at radius 3 is 2.66 bits per heavy atom. The van der Waals surface area contributed by atoms with Crippen molar-refractivity contribution in [2.24, 2.45) is 0 Å². The van der Waals surface area contributed by atoms with E-state index in [1.54, 1.807) is 12.1 Å². The van der Waals surface area contributed by atoms with Crippen LogP contribution in [0.4, 0.5) is 11.5 Å². The van der Waals surface area contributed by atoms with Crippen LogP contribution in [0.25, 0.3) is 10.9 Å². The number of thioether (sulfide) groups is 1. The number of benzene rings is 3. The number of hydrogen-bond donors (Lipinski definition) is 2. The van der Waals surface area contributed by atoms with Crippen LogP contribution >= 0.6 is 11.8 Å². The van der Waals surface area contributed by atoms with Crippen molar-refractivity contribution < 1.29 is 14.3 Å². The van der Waals surface area contributed by atoms with Gasteiger partial charge < -0.3 is 20.1 Å². The predicted molar refractivity (Wildman–Crippen MR) is 139 cm³/mol. The monoisotopic (exact) mass is 486 g/mol. The van der Waals surface area contributed by atoms with Crippen LogP contribution in [0.15, 0.2) is 78.0 Å². The first-order valence-corrected chi connectivity index (χ1v) is 12.5. The van der Waals surface area contributed by atoms with Gasteiger partial charge in [0.05, 0.1) is 10.8 Å². The first-order valence-electron chi connectivity index (χ1n) is 11.6. The Hall–Kier alpha value is -3.78. The molecular formula is C27H26N4O3S. The maximum absolute atomic E-state index is 13.1. The minimum atomic E-state index is -0.348. The molecule has 0 radical (unpaired) electrons. The number of amides is 1. The summed E-state index contributed by atoms with van der Waals surface area (Å²) in [6.45, 7) is 2.93. The van der Waals surface area contributed by atoms with Crippen LogP contribution in [-0.2, 0) is 11.2 Å². The minimum absolute atomic E-state index is 0.105. The Bertz CT molecular complexity index is 1330. The van der Waals surface area contributed by atoms with Crippen LogP contribution in [0.3, 0.4) is 0 Å². The Morgan fingerprint density at radius 1 is 1.00 bits per heavy atom. The lowest BCUT2D eigenvalue weighted by atomic mass is 10.1. The van der Waals surface area contributed by atoms with Crippen molar-refractivity contribution >= 4 is 40.1 Å². The van der Waals surface area contributed by atoms with Gasteiger partial charge in [0.25, 0.3) is 0 Å². The van der Waals surface area contributed by atoms with Crippen molar-refractivity contribution in [3.05, 3.63) is 78.4 Å². The maximum atomic E-state index is 13.1. The number of aromatic nitrogens is 2. The number of para-hydroxylation sites is 1. The normalized spacial score (nSPS) is 12.9. The third-order valence-corrected chi connectivity index (χ3v) is 6.91. The highest BCUT2D eigenvalue weighted by molar-refractivity contribution is 8.00. The van der Waals surface area contributed by atoms with Gasteiger partial charge in [-0.2, -0.15) is 0 Å². The third-order valence-electron chi connectivity index (χ3n) is 5.68. The Kier molecular flexibility index (Phi) is 6.99. The van der Waals surface area contributed by atoms with Gasteiger partial charge in [-0.05, 0) is 42.7 Å². The summed E-state index contributed by atoms with van der Waals surface area (Å²) < 4.78 is 10.8. The lowest BCUT2D eigenvalue weighted by Crippen LogP contribution is -2.25. The zero-order chi connectivity index (χ0) is 24.0. The van der Waals surface area contributed by atoms with Crippen molar-refractivity contribution in [1.29, 1.82) is 0 Å². The third kappa shape index (κ3) is 5.49. The molecule has 0 bridgehead atoms. The molecule has 178 valence electrons. The van der Waals surface area contributed by atoms with Crippen LogP contribution in [0.1, 0.15) is 18.9 Å². The largest absolute Gasteiger partial charge is 0.454 e. The highest BCUT2D eigenvalue weighted by atomic mass is 32.2. The molecule has 8 heteroatoms. The van der Waals surface area contributed by atoms with Gasteiger partial charge in [0.15, 0.2) is 16.7 Å². The average Bonchev–Trinajstić information content (AvgIpc) is 3.36. The van der Waals surface area contributed by atoms with Crippen molar-refractivity contribution in [3.8, 4) is 11.5 Å². The van der Waals surface area contributed by atoms with Gasteiger partial charge in [-0.3, -0.25) is 4.79 Å². The van der Waals surface area contributed by atoms with Gasteiger partial charge in [-0.1, -0.05) is 61.2 Å². The predicted octanol–water partition coefficient (Wildman–Crippen LogP) is 5.52. The van der Waals surface area contributed by atoms with E-state index in [0.29, 0.717) is 28.8 Å². The van der Waals surface area contributed by atoms with Gasteiger partial charge in [0, 0.05) is 23.7 Å². The highest BCUT2D eigenvalue weighted by Gasteiger charge is 2.22. The molecule has 5 rings (SSSR count). The average molecular weight is 487 g/mol. The van der Waals surface area contributed by atoms with Gasteiger partial charge >= 0.3 is 0 Å². The van der Waals surface area contributed by atoms with Gasteiger partial charge in [-0.15, -0.1) is 0 Å². The fourth-order valence-corrected chi connectivity index (χ4v) is 4.74. The smallest absolute Gasteiger partial charge is 0.237 e. The number of carbonyl (C=O) groups is 1. The molecule has 0 fully saturated rings. The number of carbonyl (C=O) groups excluding carboxylic acids is 1. The first-order chi connectivity index (χ1) is 17.2. The summed E-state index contributed by atoms with van der Waals surface area (Å²) >= 11 is 1.37. The maximum Gasteiger partial charge on any atom is 0.237 e. The standard InChI is InChI=1S/C27H26N4O3S/c1-2-24(26(32)29-19-12-13-22-23(16-19)34-17-33-22)35-27-30-21-11-7-6-10-20(21)25(31-27)28-15-14-18-8-4-3-5-9-18/h3-13,16,24H,2,14-15,17H2,1H3,(H,29,32)(H,28,30,31). The molecule has 2 N–H and O–H groups in total. The minimum Gasteiger partial charge on any atom is -0.454 e. The fourth-order valence-electron chi connectivity index (χ4n) is 3.86. The van der Waals surface area contributed by atoms with Crippen LogP contribution in [0.5, 0.6) is 11.5 Å². The van der Waals surface area contributed by atoms with Gasteiger partial charge in [0.1, 0.15) is 5.82 Å². The molecule has 4 aromatic rings. The molecular weight excluding hydrogens is 460 g/mol. The second-order valence-electron chi connectivity index (χ2n) is 8.11. The SMILES string of the molecule is CCC(Sc1nc(NCCc2ccccc2)c2ccccc2n1)C(=O)Nc1ccc2c(c1)OCO2. The van der Waals surface area contributed by atoms with Crippen LogP contribution < -0.4 is 20.1 Å². The number of ether oxygens (including phenoxy) is 2. The number of nitrogens with zero attached hydrogens (tertiary/aromatic N) is 2. The topological polar surface area (TPSA) is 85.4 Å². The summed E-state index contributed by atoms with van der Waals surface area (Å²) in [5, 5.41) is 7.63. The highest BCUT2D eigenvalue weighted by Crippen LogP contribution is 2.35. The van der Waals surface area contributed by atoms with Crippen molar-refractivity contribution in [1.82, 2.24) is 9.97 Å². The number of hydrogen-bond acceptors (Lipinski definition) is 7. The Labute approximate surface area is 208 Å². The quantitative estimate of drug-likeness (QED) is 0.238. The number of nitrogens with one attached hydrogen (secondary N) is 2. The van der Waals surface area contributed by atoms with Gasteiger partial charge in [0.2, 0.25) is 12.7 Å². The van der Waals surface area contributed by atoms with E-state index in [0.717, 1.165) is 29.7 Å². The lowest BCUT2D eigenvalue weighted by Gasteiger charge is -2.16. The number of fused-ring (bicyclic) bond motifs is 2. The molecule has 35 heavy (non-hydrogen) atoms. The summed E-state index contributed by atoms with van der Waals surface area (Å²) in [6, 6.07) is 23.6. The molecule has 1 aliphatic rings. The van der Waals surface area contributed by atoms with Crippen LogP contribution in [0.2, 0.25) is 0 Å². The molecule has 1 aromatic heterocycles. The number of rotatable bonds is 9. The fraction of sp³-hybridized carbons (Fsp3) is 0.222. The van der Waals surface area contributed by atoms with Crippen molar-refractivity contribution in [2.75, 3.05) is 24.0 Å². The van der Waals surface area contributed by atoms with E-state index in [2.05, 4.69) is 22.8 Å². The van der Waals surface area contributed by atoms with E-state index in [1.807, 2.05) is 55.5 Å². The molecule has 3 aromatic carbocycles. The molecule has 2 heterocycles. The Balaban J connectivity index is 1.31. The molecule has 1 aliphatic heterocycles. The van der Waals surface area contributed by atoms with Crippen molar-refractivity contribution in [2.45, 2.75) is 30.2 Å². The molecule has 0 spiro atoms. The van der Waals surface area contributed by atoms with E-state index in [9.17, 15) is 4.79 Å². The second kappa shape index (κ2) is 10.7. The molecule has 1 amide bonds. The Morgan fingerprint density at radius 2 is 1.80 bits per heavy atom. The van der Waals surface area contributed by atoms with Crippen molar-refractivity contribution in [3.63, 3.8) is 0 Å².